The summed E-state index contributed by atoms with van der Waals surface area (Å²) in [6, 6.07) is 9.81. The molecular formula is C15H22O2. The summed E-state index contributed by atoms with van der Waals surface area (Å²) in [6.45, 7) is 0.613. The molecule has 1 N–H and O–H groups in total. The standard InChI is InChI=1S/C15H22O2/c16-15(13-7-3-1-4-8-13)11-12-17-14-9-5-2-6-10-14/h2,5-6,9-10,13,15-16H,1,3-4,7-8,11-12H2. The van der Waals surface area contributed by atoms with Gasteiger partial charge in [-0.3, -0.25) is 0 Å². The molecule has 0 heterocycles. The predicted octanol–water partition coefficient (Wildman–Crippen LogP) is 3.40. The van der Waals surface area contributed by atoms with Gasteiger partial charge in [-0.1, -0.05) is 37.5 Å². The van der Waals surface area contributed by atoms with E-state index in [0.29, 0.717) is 12.5 Å². The second-order valence-electron chi connectivity index (χ2n) is 4.92. The maximum atomic E-state index is 10.1. The van der Waals surface area contributed by atoms with Crippen LogP contribution in [0, 0.1) is 5.92 Å². The Balaban J connectivity index is 1.67. The highest BCUT2D eigenvalue weighted by atomic mass is 16.5. The van der Waals surface area contributed by atoms with Crippen molar-refractivity contribution in [3.8, 4) is 5.75 Å². The first kappa shape index (κ1) is 12.4. The zero-order valence-electron chi connectivity index (χ0n) is 10.3. The second kappa shape index (κ2) is 6.65. The molecule has 1 aliphatic carbocycles. The number of hydrogen-bond acceptors (Lipinski definition) is 2. The van der Waals surface area contributed by atoms with Crippen molar-refractivity contribution in [3.05, 3.63) is 30.3 Å². The quantitative estimate of drug-likeness (QED) is 0.846. The van der Waals surface area contributed by atoms with E-state index in [4.69, 9.17) is 4.74 Å². The smallest absolute Gasteiger partial charge is 0.119 e. The molecule has 2 heteroatoms. The highest BCUT2D eigenvalue weighted by molar-refractivity contribution is 5.20. The van der Waals surface area contributed by atoms with E-state index in [2.05, 4.69) is 0 Å². The summed E-state index contributed by atoms with van der Waals surface area (Å²) in [4.78, 5) is 0. The summed E-state index contributed by atoms with van der Waals surface area (Å²) >= 11 is 0. The van der Waals surface area contributed by atoms with Crippen LogP contribution in [0.3, 0.4) is 0 Å². The molecule has 1 aliphatic rings. The number of rotatable bonds is 5. The van der Waals surface area contributed by atoms with Gasteiger partial charge < -0.3 is 9.84 Å². The topological polar surface area (TPSA) is 29.5 Å². The number of hydrogen-bond donors (Lipinski definition) is 1. The number of ether oxygens (including phenoxy) is 1. The van der Waals surface area contributed by atoms with E-state index in [1.165, 1.54) is 32.1 Å². The molecule has 0 bridgehead atoms. The molecule has 1 saturated carbocycles. The van der Waals surface area contributed by atoms with E-state index in [0.717, 1.165) is 12.2 Å². The van der Waals surface area contributed by atoms with Crippen molar-refractivity contribution >= 4 is 0 Å². The Bertz CT molecular complexity index is 304. The highest BCUT2D eigenvalue weighted by Gasteiger charge is 2.21. The number of aliphatic hydroxyl groups excluding tert-OH is 1. The van der Waals surface area contributed by atoms with Gasteiger partial charge in [-0.15, -0.1) is 0 Å². The Kier molecular flexibility index (Phi) is 4.87. The van der Waals surface area contributed by atoms with E-state index >= 15 is 0 Å². The molecule has 1 unspecified atom stereocenters. The summed E-state index contributed by atoms with van der Waals surface area (Å²) < 4.78 is 5.61. The van der Waals surface area contributed by atoms with E-state index in [1.807, 2.05) is 30.3 Å². The van der Waals surface area contributed by atoms with Crippen molar-refractivity contribution < 1.29 is 9.84 Å². The minimum atomic E-state index is -0.181. The summed E-state index contributed by atoms with van der Waals surface area (Å²) in [5, 5.41) is 10.1. The molecule has 2 nitrogen and oxygen atoms in total. The maximum Gasteiger partial charge on any atom is 0.119 e. The maximum absolute atomic E-state index is 10.1. The molecule has 1 atom stereocenters. The minimum Gasteiger partial charge on any atom is -0.493 e. The van der Waals surface area contributed by atoms with Gasteiger partial charge >= 0.3 is 0 Å². The number of benzene rings is 1. The lowest BCUT2D eigenvalue weighted by molar-refractivity contribution is 0.0641. The molecule has 94 valence electrons. The van der Waals surface area contributed by atoms with Crippen molar-refractivity contribution in [2.24, 2.45) is 5.92 Å². The normalized spacial score (nSPS) is 18.9. The van der Waals surface area contributed by atoms with E-state index < -0.39 is 0 Å². The minimum absolute atomic E-state index is 0.181. The molecule has 1 aromatic carbocycles. The first-order chi connectivity index (χ1) is 8.36. The fraction of sp³-hybridized carbons (Fsp3) is 0.600. The third kappa shape index (κ3) is 4.04. The predicted molar refractivity (Wildman–Crippen MR) is 69.1 cm³/mol. The lowest BCUT2D eigenvalue weighted by Crippen LogP contribution is -2.24. The molecule has 17 heavy (non-hydrogen) atoms. The molecular weight excluding hydrogens is 212 g/mol. The molecule has 0 radical (unpaired) electrons. The van der Waals surface area contributed by atoms with Crippen LogP contribution in [-0.4, -0.2) is 17.8 Å². The van der Waals surface area contributed by atoms with Gasteiger partial charge in [-0.05, 0) is 30.9 Å². The van der Waals surface area contributed by atoms with Crippen molar-refractivity contribution in [2.75, 3.05) is 6.61 Å². The van der Waals surface area contributed by atoms with Crippen molar-refractivity contribution in [1.29, 1.82) is 0 Å². The highest BCUT2D eigenvalue weighted by Crippen LogP contribution is 2.27. The molecule has 1 aromatic rings. The molecule has 1 fully saturated rings. The van der Waals surface area contributed by atoms with Gasteiger partial charge in [0.05, 0.1) is 12.7 Å². The van der Waals surface area contributed by atoms with Crippen molar-refractivity contribution in [1.82, 2.24) is 0 Å². The van der Waals surface area contributed by atoms with Gasteiger partial charge in [0.25, 0.3) is 0 Å². The Morgan fingerprint density at radius 1 is 1.12 bits per heavy atom. The van der Waals surface area contributed by atoms with Gasteiger partial charge in [0, 0.05) is 6.42 Å². The summed E-state index contributed by atoms with van der Waals surface area (Å²) in [5.74, 6) is 1.39. The van der Waals surface area contributed by atoms with Gasteiger partial charge in [0.15, 0.2) is 0 Å². The van der Waals surface area contributed by atoms with Crippen molar-refractivity contribution in [3.63, 3.8) is 0 Å². The van der Waals surface area contributed by atoms with Crippen LogP contribution in [-0.2, 0) is 0 Å². The van der Waals surface area contributed by atoms with E-state index in [1.54, 1.807) is 0 Å². The van der Waals surface area contributed by atoms with Crippen LogP contribution in [0.4, 0.5) is 0 Å². The summed E-state index contributed by atoms with van der Waals surface area (Å²) in [7, 11) is 0. The molecule has 0 aliphatic heterocycles. The Morgan fingerprint density at radius 2 is 1.82 bits per heavy atom. The van der Waals surface area contributed by atoms with Crippen LogP contribution in [0.1, 0.15) is 38.5 Å². The lowest BCUT2D eigenvalue weighted by Gasteiger charge is -2.26. The number of para-hydroxylation sites is 1. The lowest BCUT2D eigenvalue weighted by atomic mass is 9.84. The zero-order valence-corrected chi connectivity index (χ0v) is 10.3. The van der Waals surface area contributed by atoms with Crippen molar-refractivity contribution in [2.45, 2.75) is 44.6 Å². The second-order valence-corrected chi connectivity index (χ2v) is 4.92. The number of aliphatic hydroxyl groups is 1. The monoisotopic (exact) mass is 234 g/mol. The average Bonchev–Trinajstić information content (AvgIpc) is 2.41. The summed E-state index contributed by atoms with van der Waals surface area (Å²) in [6.07, 6.45) is 6.84. The molecule has 0 aromatic heterocycles. The van der Waals surface area contributed by atoms with Crippen LogP contribution >= 0.6 is 0 Å². The van der Waals surface area contributed by atoms with Gasteiger partial charge in [0.2, 0.25) is 0 Å². The van der Waals surface area contributed by atoms with E-state index in [9.17, 15) is 5.11 Å². The van der Waals surface area contributed by atoms with Crippen LogP contribution in [0.15, 0.2) is 30.3 Å². The van der Waals surface area contributed by atoms with Gasteiger partial charge in [-0.25, -0.2) is 0 Å². The SMILES string of the molecule is OC(CCOc1ccccc1)C1CCCCC1. The largest absolute Gasteiger partial charge is 0.493 e. The van der Waals surface area contributed by atoms with Crippen LogP contribution in [0.25, 0.3) is 0 Å². The molecule has 2 rings (SSSR count). The molecule has 0 spiro atoms. The molecule has 0 saturated heterocycles. The van der Waals surface area contributed by atoms with Gasteiger partial charge in [-0.2, -0.15) is 0 Å². The van der Waals surface area contributed by atoms with Gasteiger partial charge in [0.1, 0.15) is 5.75 Å². The van der Waals surface area contributed by atoms with Crippen LogP contribution in [0.5, 0.6) is 5.75 Å². The Morgan fingerprint density at radius 3 is 2.53 bits per heavy atom. The third-order valence-corrected chi connectivity index (χ3v) is 3.62. The first-order valence-electron chi connectivity index (χ1n) is 6.72. The zero-order chi connectivity index (χ0) is 11.9. The van der Waals surface area contributed by atoms with E-state index in [-0.39, 0.29) is 6.10 Å². The fourth-order valence-corrected chi connectivity index (χ4v) is 2.57. The van der Waals surface area contributed by atoms with Crippen LogP contribution in [0.2, 0.25) is 0 Å². The summed E-state index contributed by atoms with van der Waals surface area (Å²) in [5.41, 5.74) is 0. The van der Waals surface area contributed by atoms with Crippen LogP contribution < -0.4 is 4.74 Å². The molecule has 0 amide bonds. The Hall–Kier alpha value is -1.02. The Labute approximate surface area is 104 Å². The average molecular weight is 234 g/mol. The first-order valence-corrected chi connectivity index (χ1v) is 6.72. The fourth-order valence-electron chi connectivity index (χ4n) is 2.57. The third-order valence-electron chi connectivity index (χ3n) is 3.62.